The molecule has 0 saturated heterocycles. The zero-order valence-corrected chi connectivity index (χ0v) is 12.4. The third kappa shape index (κ3) is 3.53. The van der Waals surface area contributed by atoms with E-state index in [1.165, 1.54) is 31.0 Å². The van der Waals surface area contributed by atoms with Crippen LogP contribution in [-0.4, -0.2) is 14.5 Å². The highest BCUT2D eigenvalue weighted by Gasteiger charge is 2.13. The fourth-order valence-electron chi connectivity index (χ4n) is 1.70. The summed E-state index contributed by atoms with van der Waals surface area (Å²) in [5, 5.41) is 1.07. The van der Waals surface area contributed by atoms with Crippen molar-refractivity contribution in [1.29, 1.82) is 0 Å². The molecule has 0 saturated carbocycles. The zero-order valence-electron chi connectivity index (χ0n) is 10.8. The van der Waals surface area contributed by atoms with Crippen molar-refractivity contribution in [3.05, 3.63) is 24.5 Å². The second kappa shape index (κ2) is 6.85. The number of rotatable bonds is 6. The highest BCUT2D eigenvalue weighted by molar-refractivity contribution is 7.99. The fourth-order valence-corrected chi connectivity index (χ4v) is 3.39. The third-order valence-electron chi connectivity index (χ3n) is 2.66. The summed E-state index contributed by atoms with van der Waals surface area (Å²) >= 11 is 3.12. The van der Waals surface area contributed by atoms with Crippen molar-refractivity contribution in [2.75, 3.05) is 5.75 Å². The Hall–Kier alpha value is -0.940. The smallest absolute Gasteiger partial charge is 0.178 e. The Labute approximate surface area is 117 Å². The number of aromatic nitrogens is 3. The normalized spacial score (nSPS) is 10.8. The van der Waals surface area contributed by atoms with Gasteiger partial charge in [-0.05, 0) is 18.2 Å². The lowest BCUT2D eigenvalue weighted by molar-refractivity contribution is -0.671. The summed E-state index contributed by atoms with van der Waals surface area (Å²) in [6, 6.07) is 4.13. The number of hydrogen-bond donors (Lipinski definition) is 0. The Balaban J connectivity index is 2.08. The molecule has 5 heteroatoms. The van der Waals surface area contributed by atoms with Gasteiger partial charge in [-0.1, -0.05) is 19.8 Å². The van der Waals surface area contributed by atoms with Gasteiger partial charge in [0.25, 0.3) is 0 Å². The molecule has 18 heavy (non-hydrogen) atoms. The maximum absolute atomic E-state index is 4.42. The number of thioether (sulfide) groups is 1. The Morgan fingerprint density at radius 2 is 2.22 bits per heavy atom. The van der Waals surface area contributed by atoms with Gasteiger partial charge in [-0.25, -0.2) is 4.57 Å². The van der Waals surface area contributed by atoms with Crippen LogP contribution < -0.4 is 4.57 Å². The molecule has 0 unspecified atom stereocenters. The Morgan fingerprint density at radius 1 is 1.33 bits per heavy atom. The first-order valence-electron chi connectivity index (χ1n) is 6.22. The first-order chi connectivity index (χ1) is 8.81. The van der Waals surface area contributed by atoms with Crippen LogP contribution >= 0.6 is 23.5 Å². The van der Waals surface area contributed by atoms with E-state index in [9.17, 15) is 0 Å². The van der Waals surface area contributed by atoms with Crippen LogP contribution in [0.5, 0.6) is 0 Å². The van der Waals surface area contributed by atoms with Crippen molar-refractivity contribution in [1.82, 2.24) is 8.75 Å². The molecule has 0 N–H and O–H groups in total. The van der Waals surface area contributed by atoms with Crippen LogP contribution in [0.2, 0.25) is 0 Å². The van der Waals surface area contributed by atoms with Gasteiger partial charge in [0.1, 0.15) is 17.8 Å². The monoisotopic (exact) mass is 280 g/mol. The highest BCUT2D eigenvalue weighted by Crippen LogP contribution is 2.29. The zero-order chi connectivity index (χ0) is 12.8. The summed E-state index contributed by atoms with van der Waals surface area (Å²) < 4.78 is 10.9. The molecule has 0 aromatic carbocycles. The molecule has 2 aromatic heterocycles. The summed E-state index contributed by atoms with van der Waals surface area (Å²) in [4.78, 5) is 0. The van der Waals surface area contributed by atoms with Crippen molar-refractivity contribution in [3.63, 3.8) is 0 Å². The van der Waals surface area contributed by atoms with E-state index in [0.29, 0.717) is 0 Å². The molecule has 2 rings (SSSR count). The van der Waals surface area contributed by atoms with Gasteiger partial charge in [-0.15, -0.1) is 11.8 Å². The first-order valence-corrected chi connectivity index (χ1v) is 7.94. The average Bonchev–Trinajstić information content (AvgIpc) is 2.83. The maximum atomic E-state index is 4.42. The number of hydrogen-bond acceptors (Lipinski definition) is 4. The molecule has 0 aliphatic carbocycles. The Bertz CT molecular complexity index is 496. The number of aryl methyl sites for hydroxylation is 1. The molecule has 0 bridgehead atoms. The van der Waals surface area contributed by atoms with Crippen molar-refractivity contribution in [2.45, 2.75) is 31.2 Å². The van der Waals surface area contributed by atoms with Crippen LogP contribution in [0.1, 0.15) is 26.2 Å². The van der Waals surface area contributed by atoms with Gasteiger partial charge in [-0.2, -0.15) is 8.75 Å². The van der Waals surface area contributed by atoms with Crippen molar-refractivity contribution >= 4 is 23.5 Å². The van der Waals surface area contributed by atoms with Crippen LogP contribution in [0.4, 0.5) is 0 Å². The fraction of sp³-hybridized carbons (Fsp3) is 0.462. The van der Waals surface area contributed by atoms with E-state index in [1.54, 1.807) is 0 Å². The standard InChI is InChI=1S/C13H18N3S2/c1-3-4-5-9-17-13-12(14-18-15-13)11-7-6-8-16(2)10-11/h6-8,10H,3-5,9H2,1-2H3/q+1. The molecule has 0 aliphatic heterocycles. The minimum absolute atomic E-state index is 1.03. The molecule has 96 valence electrons. The van der Waals surface area contributed by atoms with Crippen molar-refractivity contribution in [3.8, 4) is 11.3 Å². The lowest BCUT2D eigenvalue weighted by Gasteiger charge is -2.00. The molecular weight excluding hydrogens is 262 g/mol. The topological polar surface area (TPSA) is 29.7 Å². The second-order valence-electron chi connectivity index (χ2n) is 4.23. The maximum Gasteiger partial charge on any atom is 0.178 e. The predicted molar refractivity (Wildman–Crippen MR) is 76.8 cm³/mol. The van der Waals surface area contributed by atoms with Crippen LogP contribution in [0.15, 0.2) is 29.6 Å². The summed E-state index contributed by atoms with van der Waals surface area (Å²) in [6.07, 6.45) is 7.92. The summed E-state index contributed by atoms with van der Waals surface area (Å²) in [7, 11) is 2.03. The molecule has 0 atom stereocenters. The lowest BCUT2D eigenvalue weighted by Crippen LogP contribution is -2.26. The van der Waals surface area contributed by atoms with E-state index in [0.717, 1.165) is 22.0 Å². The van der Waals surface area contributed by atoms with Gasteiger partial charge in [-0.3, -0.25) is 0 Å². The van der Waals surface area contributed by atoms with Crippen LogP contribution in [0, 0.1) is 0 Å². The van der Waals surface area contributed by atoms with Gasteiger partial charge < -0.3 is 0 Å². The SMILES string of the molecule is CCCCCSc1nsnc1-c1ccc[n+](C)c1. The van der Waals surface area contributed by atoms with E-state index in [2.05, 4.69) is 27.9 Å². The summed E-state index contributed by atoms with van der Waals surface area (Å²) in [5.41, 5.74) is 2.17. The molecule has 0 amide bonds. The van der Waals surface area contributed by atoms with Gasteiger partial charge in [0, 0.05) is 6.07 Å². The van der Waals surface area contributed by atoms with Crippen molar-refractivity contribution in [2.24, 2.45) is 7.05 Å². The van der Waals surface area contributed by atoms with Gasteiger partial charge >= 0.3 is 0 Å². The molecular formula is C13H18N3S2+. The highest BCUT2D eigenvalue weighted by atomic mass is 32.2. The molecule has 3 nitrogen and oxygen atoms in total. The number of nitrogens with zero attached hydrogens (tertiary/aromatic N) is 3. The molecule has 0 spiro atoms. The Kier molecular flexibility index (Phi) is 5.13. The molecule has 0 fully saturated rings. The molecule has 2 heterocycles. The summed E-state index contributed by atoms with van der Waals surface area (Å²) in [5.74, 6) is 1.13. The lowest BCUT2D eigenvalue weighted by atomic mass is 10.2. The van der Waals surface area contributed by atoms with E-state index in [1.807, 2.05) is 35.6 Å². The van der Waals surface area contributed by atoms with Crippen molar-refractivity contribution < 1.29 is 4.57 Å². The minimum Gasteiger partial charge on any atom is -0.207 e. The van der Waals surface area contributed by atoms with E-state index in [4.69, 9.17) is 0 Å². The first kappa shape index (κ1) is 13.5. The van der Waals surface area contributed by atoms with Gasteiger partial charge in [0.15, 0.2) is 12.4 Å². The molecule has 2 aromatic rings. The van der Waals surface area contributed by atoms with Crippen LogP contribution in [0.3, 0.4) is 0 Å². The van der Waals surface area contributed by atoms with Gasteiger partial charge in [0.2, 0.25) is 0 Å². The predicted octanol–water partition coefficient (Wildman–Crippen LogP) is 3.31. The largest absolute Gasteiger partial charge is 0.207 e. The molecule has 0 aliphatic rings. The summed E-state index contributed by atoms with van der Waals surface area (Å²) in [6.45, 7) is 2.23. The van der Waals surface area contributed by atoms with Crippen LogP contribution in [0.25, 0.3) is 11.3 Å². The third-order valence-corrected chi connectivity index (χ3v) is 4.35. The van der Waals surface area contributed by atoms with Gasteiger partial charge in [0.05, 0.1) is 17.3 Å². The number of unbranched alkanes of at least 4 members (excludes halogenated alkanes) is 2. The van der Waals surface area contributed by atoms with E-state index < -0.39 is 0 Å². The Morgan fingerprint density at radius 3 is 3.00 bits per heavy atom. The van der Waals surface area contributed by atoms with E-state index in [-0.39, 0.29) is 0 Å². The quantitative estimate of drug-likeness (QED) is 0.462. The number of pyridine rings is 1. The minimum atomic E-state index is 1.03. The second-order valence-corrected chi connectivity index (χ2v) is 5.84. The molecule has 0 radical (unpaired) electrons. The van der Waals surface area contributed by atoms with Crippen LogP contribution in [-0.2, 0) is 7.05 Å². The van der Waals surface area contributed by atoms with E-state index >= 15 is 0 Å². The average molecular weight is 280 g/mol.